The van der Waals surface area contributed by atoms with Gasteiger partial charge < -0.3 is 14.4 Å². The zero-order chi connectivity index (χ0) is 13.1. The minimum absolute atomic E-state index is 0.718. The van der Waals surface area contributed by atoms with E-state index in [9.17, 15) is 0 Å². The summed E-state index contributed by atoms with van der Waals surface area (Å²) in [6.07, 6.45) is 3.76. The standard InChI is InChI=1S/C15H17N3O/c1-2-16-10-12-3-4-15-13(9-12)6-8-18(15)11-14-5-7-17-19-14/h3-9,16H,2,10-11H2,1H3. The van der Waals surface area contributed by atoms with Crippen LogP contribution in [0.3, 0.4) is 0 Å². The maximum Gasteiger partial charge on any atom is 0.156 e. The molecule has 98 valence electrons. The van der Waals surface area contributed by atoms with Gasteiger partial charge in [0.05, 0.1) is 12.7 Å². The van der Waals surface area contributed by atoms with Crippen molar-refractivity contribution in [2.75, 3.05) is 6.54 Å². The molecule has 0 bridgehead atoms. The van der Waals surface area contributed by atoms with Gasteiger partial charge in [0.15, 0.2) is 5.76 Å². The summed E-state index contributed by atoms with van der Waals surface area (Å²) in [5.74, 6) is 0.870. The molecule has 0 amide bonds. The fraction of sp³-hybridized carbons (Fsp3) is 0.267. The molecular formula is C15H17N3O. The van der Waals surface area contributed by atoms with Crippen molar-refractivity contribution >= 4 is 10.9 Å². The summed E-state index contributed by atoms with van der Waals surface area (Å²) in [6.45, 7) is 4.74. The Bertz CT molecular complexity index is 655. The molecule has 0 aliphatic heterocycles. The Hall–Kier alpha value is -2.07. The van der Waals surface area contributed by atoms with Gasteiger partial charge >= 0.3 is 0 Å². The van der Waals surface area contributed by atoms with E-state index in [1.54, 1.807) is 6.20 Å². The van der Waals surface area contributed by atoms with Crippen molar-refractivity contribution in [2.24, 2.45) is 0 Å². The van der Waals surface area contributed by atoms with Gasteiger partial charge in [-0.3, -0.25) is 0 Å². The van der Waals surface area contributed by atoms with Crippen LogP contribution in [0.25, 0.3) is 10.9 Å². The largest absolute Gasteiger partial charge is 0.359 e. The van der Waals surface area contributed by atoms with Crippen LogP contribution >= 0.6 is 0 Å². The lowest BCUT2D eigenvalue weighted by molar-refractivity contribution is 0.378. The SMILES string of the molecule is CCNCc1ccc2c(ccn2Cc2ccno2)c1. The number of benzene rings is 1. The van der Waals surface area contributed by atoms with Crippen LogP contribution < -0.4 is 5.32 Å². The van der Waals surface area contributed by atoms with Gasteiger partial charge in [0, 0.05) is 24.3 Å². The van der Waals surface area contributed by atoms with E-state index < -0.39 is 0 Å². The van der Waals surface area contributed by atoms with E-state index in [2.05, 4.69) is 52.4 Å². The highest BCUT2D eigenvalue weighted by Crippen LogP contribution is 2.19. The fourth-order valence-corrected chi connectivity index (χ4v) is 2.26. The summed E-state index contributed by atoms with van der Waals surface area (Å²) in [6, 6.07) is 10.6. The van der Waals surface area contributed by atoms with E-state index in [0.29, 0.717) is 0 Å². The average Bonchev–Trinajstić information content (AvgIpc) is 3.07. The van der Waals surface area contributed by atoms with Gasteiger partial charge in [-0.05, 0) is 35.7 Å². The third-order valence-corrected chi connectivity index (χ3v) is 3.23. The predicted molar refractivity (Wildman–Crippen MR) is 74.9 cm³/mol. The summed E-state index contributed by atoms with van der Waals surface area (Å²) in [5.41, 5.74) is 2.53. The number of rotatable bonds is 5. The van der Waals surface area contributed by atoms with Crippen LogP contribution in [0.4, 0.5) is 0 Å². The lowest BCUT2D eigenvalue weighted by Crippen LogP contribution is -2.11. The molecule has 0 aliphatic carbocycles. The van der Waals surface area contributed by atoms with E-state index in [4.69, 9.17) is 4.52 Å². The van der Waals surface area contributed by atoms with Crippen molar-refractivity contribution < 1.29 is 4.52 Å². The minimum Gasteiger partial charge on any atom is -0.359 e. The summed E-state index contributed by atoms with van der Waals surface area (Å²) < 4.78 is 7.33. The Balaban J connectivity index is 1.87. The maximum atomic E-state index is 5.15. The Morgan fingerprint density at radius 2 is 2.21 bits per heavy atom. The molecule has 1 aromatic carbocycles. The monoisotopic (exact) mass is 255 g/mol. The highest BCUT2D eigenvalue weighted by Gasteiger charge is 2.04. The average molecular weight is 255 g/mol. The topological polar surface area (TPSA) is 43.0 Å². The first-order valence-electron chi connectivity index (χ1n) is 6.55. The number of hydrogen-bond donors (Lipinski definition) is 1. The number of fused-ring (bicyclic) bond motifs is 1. The molecule has 0 unspecified atom stereocenters. The van der Waals surface area contributed by atoms with E-state index in [1.165, 1.54) is 16.5 Å². The van der Waals surface area contributed by atoms with Crippen molar-refractivity contribution in [1.82, 2.24) is 15.0 Å². The van der Waals surface area contributed by atoms with E-state index >= 15 is 0 Å². The van der Waals surface area contributed by atoms with Crippen LogP contribution in [0.5, 0.6) is 0 Å². The number of nitrogens with one attached hydrogen (secondary N) is 1. The Kier molecular flexibility index (Phi) is 3.33. The molecule has 0 fully saturated rings. The summed E-state index contributed by atoms with van der Waals surface area (Å²) in [4.78, 5) is 0. The van der Waals surface area contributed by atoms with Crippen LogP contribution in [0, 0.1) is 0 Å². The molecule has 0 aliphatic rings. The van der Waals surface area contributed by atoms with E-state index in [0.717, 1.165) is 25.4 Å². The van der Waals surface area contributed by atoms with Crippen molar-refractivity contribution in [2.45, 2.75) is 20.0 Å². The van der Waals surface area contributed by atoms with Gasteiger partial charge in [0.2, 0.25) is 0 Å². The third-order valence-electron chi connectivity index (χ3n) is 3.23. The fourth-order valence-electron chi connectivity index (χ4n) is 2.26. The molecule has 4 heteroatoms. The highest BCUT2D eigenvalue weighted by molar-refractivity contribution is 5.80. The summed E-state index contributed by atoms with van der Waals surface area (Å²) >= 11 is 0. The van der Waals surface area contributed by atoms with E-state index in [1.807, 2.05) is 6.07 Å². The molecule has 4 nitrogen and oxygen atoms in total. The first-order chi connectivity index (χ1) is 9.36. The van der Waals surface area contributed by atoms with E-state index in [-0.39, 0.29) is 0 Å². The Morgan fingerprint density at radius 1 is 1.26 bits per heavy atom. The van der Waals surface area contributed by atoms with Crippen LogP contribution in [-0.4, -0.2) is 16.3 Å². The molecule has 2 heterocycles. The molecule has 3 aromatic rings. The molecule has 0 saturated carbocycles. The molecule has 0 spiro atoms. The molecule has 2 aromatic heterocycles. The van der Waals surface area contributed by atoms with Gasteiger partial charge in [-0.15, -0.1) is 0 Å². The molecule has 0 radical (unpaired) electrons. The molecule has 0 saturated heterocycles. The van der Waals surface area contributed by atoms with Gasteiger partial charge in [0.25, 0.3) is 0 Å². The highest BCUT2D eigenvalue weighted by atomic mass is 16.5. The first kappa shape index (κ1) is 12.0. The Labute approximate surface area is 112 Å². The third kappa shape index (κ3) is 2.53. The molecule has 1 N–H and O–H groups in total. The van der Waals surface area contributed by atoms with Gasteiger partial charge in [-0.2, -0.15) is 0 Å². The van der Waals surface area contributed by atoms with Crippen LogP contribution in [0.1, 0.15) is 18.2 Å². The number of nitrogens with zero attached hydrogens (tertiary/aromatic N) is 2. The van der Waals surface area contributed by atoms with Crippen molar-refractivity contribution in [3.8, 4) is 0 Å². The summed E-state index contributed by atoms with van der Waals surface area (Å²) in [7, 11) is 0. The van der Waals surface area contributed by atoms with Gasteiger partial charge in [-0.1, -0.05) is 18.1 Å². The first-order valence-corrected chi connectivity index (χ1v) is 6.55. The quantitative estimate of drug-likeness (QED) is 0.762. The lowest BCUT2D eigenvalue weighted by Gasteiger charge is -2.05. The molecular weight excluding hydrogens is 238 g/mol. The minimum atomic E-state index is 0.718. The van der Waals surface area contributed by atoms with Crippen molar-refractivity contribution in [1.29, 1.82) is 0 Å². The second kappa shape index (κ2) is 5.28. The Morgan fingerprint density at radius 3 is 3.00 bits per heavy atom. The van der Waals surface area contributed by atoms with Crippen LogP contribution in [-0.2, 0) is 13.1 Å². The normalized spacial score (nSPS) is 11.2. The maximum absolute atomic E-state index is 5.15. The van der Waals surface area contributed by atoms with Gasteiger partial charge in [-0.25, -0.2) is 0 Å². The summed E-state index contributed by atoms with van der Waals surface area (Å²) in [5, 5.41) is 8.34. The molecule has 0 atom stereocenters. The molecule has 3 rings (SSSR count). The van der Waals surface area contributed by atoms with Gasteiger partial charge in [0.1, 0.15) is 0 Å². The van der Waals surface area contributed by atoms with Crippen LogP contribution in [0.2, 0.25) is 0 Å². The zero-order valence-electron chi connectivity index (χ0n) is 11.0. The second-order valence-corrected chi connectivity index (χ2v) is 4.60. The predicted octanol–water partition coefficient (Wildman–Crippen LogP) is 2.79. The van der Waals surface area contributed by atoms with Crippen molar-refractivity contribution in [3.05, 3.63) is 54.0 Å². The lowest BCUT2D eigenvalue weighted by atomic mass is 10.1. The smallest absolute Gasteiger partial charge is 0.156 e. The second-order valence-electron chi connectivity index (χ2n) is 4.60. The number of aromatic nitrogens is 2. The molecule has 19 heavy (non-hydrogen) atoms. The zero-order valence-corrected chi connectivity index (χ0v) is 11.0. The number of hydrogen-bond acceptors (Lipinski definition) is 3. The van der Waals surface area contributed by atoms with Crippen molar-refractivity contribution in [3.63, 3.8) is 0 Å². The van der Waals surface area contributed by atoms with Crippen LogP contribution in [0.15, 0.2) is 47.2 Å².